The van der Waals surface area contributed by atoms with Gasteiger partial charge in [0.2, 0.25) is 0 Å². The summed E-state index contributed by atoms with van der Waals surface area (Å²) in [5.74, 6) is 1.22. The lowest BCUT2D eigenvalue weighted by atomic mass is 10.1. The third-order valence-corrected chi connectivity index (χ3v) is 4.61. The molecule has 0 aliphatic rings. The molecule has 0 aliphatic carbocycles. The van der Waals surface area contributed by atoms with E-state index in [-0.39, 0.29) is 5.91 Å². The van der Waals surface area contributed by atoms with E-state index in [1.54, 1.807) is 18.2 Å². The van der Waals surface area contributed by atoms with Gasteiger partial charge in [0.1, 0.15) is 18.1 Å². The fourth-order valence-corrected chi connectivity index (χ4v) is 2.85. The van der Waals surface area contributed by atoms with E-state index in [9.17, 15) is 4.79 Å². The molecule has 1 amide bonds. The van der Waals surface area contributed by atoms with E-state index in [0.29, 0.717) is 37.7 Å². The minimum absolute atomic E-state index is 0.147. The Morgan fingerprint density at radius 2 is 1.83 bits per heavy atom. The second-order valence-electron chi connectivity index (χ2n) is 6.76. The van der Waals surface area contributed by atoms with Crippen LogP contribution in [0.2, 0.25) is 0 Å². The first-order valence-corrected chi connectivity index (χ1v) is 9.65. The van der Waals surface area contributed by atoms with Crippen molar-refractivity contribution in [3.8, 4) is 5.75 Å². The fourth-order valence-electron chi connectivity index (χ4n) is 2.85. The average molecular weight is 394 g/mol. The Kier molecular flexibility index (Phi) is 7.03. The fraction of sp³-hybridized carbons (Fsp3) is 0.304. The van der Waals surface area contributed by atoms with Crippen LogP contribution in [-0.4, -0.2) is 17.7 Å². The summed E-state index contributed by atoms with van der Waals surface area (Å²) in [6.07, 6.45) is 0. The van der Waals surface area contributed by atoms with Gasteiger partial charge in [-0.1, -0.05) is 35.5 Å². The number of benzene rings is 2. The van der Waals surface area contributed by atoms with Gasteiger partial charge in [0, 0.05) is 18.7 Å². The van der Waals surface area contributed by atoms with Crippen molar-refractivity contribution >= 4 is 5.91 Å². The zero-order valence-electron chi connectivity index (χ0n) is 17.0. The molecule has 29 heavy (non-hydrogen) atoms. The highest BCUT2D eigenvalue weighted by Gasteiger charge is 2.11. The summed E-state index contributed by atoms with van der Waals surface area (Å²) < 4.78 is 16.4. The van der Waals surface area contributed by atoms with Crippen molar-refractivity contribution in [1.29, 1.82) is 0 Å². The van der Waals surface area contributed by atoms with E-state index < -0.39 is 0 Å². The van der Waals surface area contributed by atoms with Crippen molar-refractivity contribution in [2.45, 2.75) is 40.5 Å². The molecule has 0 fully saturated rings. The number of ether oxygens (including phenoxy) is 2. The lowest BCUT2D eigenvalue weighted by molar-refractivity contribution is 0.0950. The Hall–Kier alpha value is -3.12. The summed E-state index contributed by atoms with van der Waals surface area (Å²) >= 11 is 0. The predicted octanol–water partition coefficient (Wildman–Crippen LogP) is 4.34. The van der Waals surface area contributed by atoms with Crippen LogP contribution in [-0.2, 0) is 24.5 Å². The number of amides is 1. The van der Waals surface area contributed by atoms with Crippen molar-refractivity contribution in [1.82, 2.24) is 10.5 Å². The van der Waals surface area contributed by atoms with Gasteiger partial charge in [-0.2, -0.15) is 0 Å². The zero-order chi connectivity index (χ0) is 20.6. The van der Waals surface area contributed by atoms with Gasteiger partial charge in [-0.15, -0.1) is 0 Å². The van der Waals surface area contributed by atoms with Crippen LogP contribution >= 0.6 is 0 Å². The van der Waals surface area contributed by atoms with Gasteiger partial charge < -0.3 is 19.3 Å². The van der Waals surface area contributed by atoms with E-state index >= 15 is 0 Å². The lowest BCUT2D eigenvalue weighted by Crippen LogP contribution is -2.22. The summed E-state index contributed by atoms with van der Waals surface area (Å²) in [6, 6.07) is 15.2. The third-order valence-electron chi connectivity index (χ3n) is 4.61. The van der Waals surface area contributed by atoms with Crippen molar-refractivity contribution in [3.05, 3.63) is 82.2 Å². The van der Waals surface area contributed by atoms with Gasteiger partial charge >= 0.3 is 0 Å². The highest BCUT2D eigenvalue weighted by Crippen LogP contribution is 2.18. The molecular formula is C23H26N2O4. The molecule has 0 saturated carbocycles. The Morgan fingerprint density at radius 3 is 2.52 bits per heavy atom. The summed E-state index contributed by atoms with van der Waals surface area (Å²) in [6.45, 7) is 7.80. The Morgan fingerprint density at radius 1 is 1.07 bits per heavy atom. The van der Waals surface area contributed by atoms with Crippen LogP contribution < -0.4 is 10.1 Å². The first-order chi connectivity index (χ1) is 14.1. The van der Waals surface area contributed by atoms with Crippen LogP contribution in [0.5, 0.6) is 5.75 Å². The maximum atomic E-state index is 12.5. The molecule has 1 N–H and O–H groups in total. The number of nitrogens with one attached hydrogen (secondary N) is 1. The number of aromatic nitrogens is 1. The van der Waals surface area contributed by atoms with Crippen molar-refractivity contribution in [2.24, 2.45) is 0 Å². The number of aryl methyl sites for hydroxylation is 2. The smallest absolute Gasteiger partial charge is 0.251 e. The summed E-state index contributed by atoms with van der Waals surface area (Å²) in [7, 11) is 0. The van der Waals surface area contributed by atoms with Crippen LogP contribution in [0.3, 0.4) is 0 Å². The highest BCUT2D eigenvalue weighted by atomic mass is 16.5. The number of carbonyl (C=O) groups is 1. The average Bonchev–Trinajstić information content (AvgIpc) is 3.07. The highest BCUT2D eigenvalue weighted by molar-refractivity contribution is 5.94. The third kappa shape index (κ3) is 5.68. The molecule has 1 aromatic heterocycles. The van der Waals surface area contributed by atoms with Crippen LogP contribution in [0, 0.1) is 13.8 Å². The molecule has 3 aromatic rings. The maximum Gasteiger partial charge on any atom is 0.251 e. The number of hydrogen-bond acceptors (Lipinski definition) is 5. The van der Waals surface area contributed by atoms with Gasteiger partial charge in [0.05, 0.1) is 17.9 Å². The minimum Gasteiger partial charge on any atom is -0.489 e. The van der Waals surface area contributed by atoms with Gasteiger partial charge in [0.15, 0.2) is 0 Å². The normalized spacial score (nSPS) is 10.7. The topological polar surface area (TPSA) is 73.6 Å². The molecule has 0 aliphatic heterocycles. The molecule has 152 valence electrons. The van der Waals surface area contributed by atoms with Gasteiger partial charge in [0.25, 0.3) is 5.91 Å². The van der Waals surface area contributed by atoms with Crippen molar-refractivity contribution in [3.63, 3.8) is 0 Å². The van der Waals surface area contributed by atoms with Crippen molar-refractivity contribution < 1.29 is 18.8 Å². The van der Waals surface area contributed by atoms with E-state index in [0.717, 1.165) is 28.1 Å². The van der Waals surface area contributed by atoms with Gasteiger partial charge in [-0.05, 0) is 50.1 Å². The first kappa shape index (κ1) is 20.6. The Bertz CT molecular complexity index is 928. The quantitative estimate of drug-likeness (QED) is 0.584. The molecule has 0 bridgehead atoms. The maximum absolute atomic E-state index is 12.5. The molecule has 6 heteroatoms. The summed E-state index contributed by atoms with van der Waals surface area (Å²) in [4.78, 5) is 12.5. The molecule has 0 atom stereocenters. The van der Waals surface area contributed by atoms with E-state index in [2.05, 4.69) is 10.5 Å². The van der Waals surface area contributed by atoms with E-state index in [4.69, 9.17) is 14.0 Å². The van der Waals surface area contributed by atoms with Crippen LogP contribution in [0.4, 0.5) is 0 Å². The number of hydrogen-bond donors (Lipinski definition) is 1. The van der Waals surface area contributed by atoms with Crippen LogP contribution in [0.25, 0.3) is 0 Å². The molecule has 2 aromatic carbocycles. The number of carbonyl (C=O) groups excluding carboxylic acids is 1. The monoisotopic (exact) mass is 394 g/mol. The second kappa shape index (κ2) is 9.89. The molecule has 1 heterocycles. The Balaban J connectivity index is 1.55. The van der Waals surface area contributed by atoms with Gasteiger partial charge in [-0.25, -0.2) is 0 Å². The minimum atomic E-state index is -0.147. The molecule has 6 nitrogen and oxygen atoms in total. The molecule has 3 rings (SSSR count). The molecule has 0 unspecified atom stereocenters. The standard InChI is InChI=1S/C23H26N2O4/c1-4-27-14-19-10-8-18(9-11-19)13-24-23(26)20-6-5-7-21(12-20)28-15-22-16(2)25-29-17(22)3/h5-12H,4,13-15H2,1-3H3,(H,24,26). The molecule has 0 saturated heterocycles. The SMILES string of the molecule is CCOCc1ccc(CNC(=O)c2cccc(OCc3c(C)noc3C)c2)cc1. The van der Waals surface area contributed by atoms with E-state index in [1.807, 2.05) is 51.1 Å². The summed E-state index contributed by atoms with van der Waals surface area (Å²) in [5.41, 5.74) is 4.43. The van der Waals surface area contributed by atoms with Crippen LogP contribution in [0.1, 0.15) is 45.4 Å². The largest absolute Gasteiger partial charge is 0.489 e. The summed E-state index contributed by atoms with van der Waals surface area (Å²) in [5, 5.41) is 6.86. The lowest BCUT2D eigenvalue weighted by Gasteiger charge is -2.09. The molecule has 0 radical (unpaired) electrons. The van der Waals surface area contributed by atoms with Crippen LogP contribution in [0.15, 0.2) is 53.1 Å². The van der Waals surface area contributed by atoms with E-state index in [1.165, 1.54) is 0 Å². The zero-order valence-corrected chi connectivity index (χ0v) is 17.0. The first-order valence-electron chi connectivity index (χ1n) is 9.65. The second-order valence-corrected chi connectivity index (χ2v) is 6.76. The predicted molar refractivity (Wildman–Crippen MR) is 110 cm³/mol. The number of rotatable bonds is 9. The molecular weight excluding hydrogens is 368 g/mol. The van der Waals surface area contributed by atoms with Gasteiger partial charge in [-0.3, -0.25) is 4.79 Å². The molecule has 0 spiro atoms. The Labute approximate surface area is 170 Å². The number of nitrogens with zero attached hydrogens (tertiary/aromatic N) is 1. The van der Waals surface area contributed by atoms with Crippen molar-refractivity contribution in [2.75, 3.05) is 6.61 Å².